The fraction of sp³-hybridized carbons (Fsp3) is 0.125. The van der Waals surface area contributed by atoms with Crippen LogP contribution in [0.1, 0.15) is 15.9 Å². The second-order valence-corrected chi connectivity index (χ2v) is 4.66. The quantitative estimate of drug-likeness (QED) is 0.772. The number of fused-ring (bicyclic) bond motifs is 1. The molecule has 0 saturated heterocycles. The zero-order chi connectivity index (χ0) is 14.7. The Balaban J connectivity index is 1.81. The highest BCUT2D eigenvalue weighted by atomic mass is 16.5. The lowest BCUT2D eigenvalue weighted by atomic mass is 10.1. The van der Waals surface area contributed by atoms with Crippen molar-refractivity contribution >= 4 is 16.8 Å². The minimum Gasteiger partial charge on any atom is -0.497 e. The van der Waals surface area contributed by atoms with Crippen LogP contribution in [0.5, 0.6) is 5.75 Å². The number of hydrogen-bond acceptors (Lipinski definition) is 3. The van der Waals surface area contributed by atoms with E-state index in [2.05, 4.69) is 15.3 Å². The molecule has 0 aliphatic carbocycles. The molecular formula is C16H15N3O2. The standard InChI is InChI=1S/C16H15N3O2/c1-21-12-4-5-15-13(7-12)14(10-18-15)16(20)19-9-11-3-2-6-17-8-11/h2-8,10,18H,9H2,1H3,(H,19,20). The van der Waals surface area contributed by atoms with Gasteiger partial charge in [0.15, 0.2) is 0 Å². The summed E-state index contributed by atoms with van der Waals surface area (Å²) in [6, 6.07) is 9.37. The Morgan fingerprint density at radius 3 is 3.05 bits per heavy atom. The third kappa shape index (κ3) is 2.72. The number of benzene rings is 1. The van der Waals surface area contributed by atoms with Gasteiger partial charge in [0.1, 0.15) is 5.75 Å². The van der Waals surface area contributed by atoms with Gasteiger partial charge in [0.05, 0.1) is 12.7 Å². The molecule has 2 aromatic heterocycles. The van der Waals surface area contributed by atoms with Gasteiger partial charge in [-0.1, -0.05) is 6.07 Å². The van der Waals surface area contributed by atoms with E-state index < -0.39 is 0 Å². The van der Waals surface area contributed by atoms with Crippen LogP contribution < -0.4 is 10.1 Å². The molecule has 5 nitrogen and oxygen atoms in total. The predicted molar refractivity (Wildman–Crippen MR) is 80.3 cm³/mol. The number of ether oxygens (including phenoxy) is 1. The normalized spacial score (nSPS) is 10.5. The van der Waals surface area contributed by atoms with Gasteiger partial charge in [-0.25, -0.2) is 0 Å². The van der Waals surface area contributed by atoms with Crippen LogP contribution in [0.4, 0.5) is 0 Å². The third-order valence-corrected chi connectivity index (χ3v) is 3.31. The fourth-order valence-electron chi connectivity index (χ4n) is 2.19. The molecule has 1 aromatic carbocycles. The molecule has 5 heteroatoms. The van der Waals surface area contributed by atoms with Crippen molar-refractivity contribution in [3.05, 3.63) is 60.0 Å². The van der Waals surface area contributed by atoms with Crippen LogP contribution in [0.2, 0.25) is 0 Å². The van der Waals surface area contributed by atoms with Gasteiger partial charge in [0.2, 0.25) is 0 Å². The molecule has 0 fully saturated rings. The topological polar surface area (TPSA) is 67.0 Å². The van der Waals surface area contributed by atoms with Crippen molar-refractivity contribution in [1.82, 2.24) is 15.3 Å². The Bertz CT molecular complexity index is 766. The van der Waals surface area contributed by atoms with Crippen LogP contribution in [0, 0.1) is 0 Å². The zero-order valence-electron chi connectivity index (χ0n) is 11.6. The molecule has 1 amide bonds. The van der Waals surface area contributed by atoms with Crippen molar-refractivity contribution in [2.45, 2.75) is 6.54 Å². The van der Waals surface area contributed by atoms with Crippen molar-refractivity contribution < 1.29 is 9.53 Å². The summed E-state index contributed by atoms with van der Waals surface area (Å²) in [5, 5.41) is 3.74. The van der Waals surface area contributed by atoms with E-state index in [1.807, 2.05) is 30.3 Å². The van der Waals surface area contributed by atoms with E-state index in [0.29, 0.717) is 12.1 Å². The van der Waals surface area contributed by atoms with Gasteiger partial charge in [-0.2, -0.15) is 0 Å². The summed E-state index contributed by atoms with van der Waals surface area (Å²) in [5.41, 5.74) is 2.47. The maximum Gasteiger partial charge on any atom is 0.253 e. The fourth-order valence-corrected chi connectivity index (χ4v) is 2.19. The number of carbonyl (C=O) groups excluding carboxylic acids is 1. The van der Waals surface area contributed by atoms with Crippen LogP contribution in [-0.2, 0) is 6.54 Å². The molecule has 2 heterocycles. The first kappa shape index (κ1) is 13.2. The van der Waals surface area contributed by atoms with Gasteiger partial charge in [0, 0.05) is 36.0 Å². The second-order valence-electron chi connectivity index (χ2n) is 4.66. The minimum absolute atomic E-state index is 0.127. The van der Waals surface area contributed by atoms with Gasteiger partial charge in [-0.05, 0) is 29.8 Å². The minimum atomic E-state index is -0.127. The number of methoxy groups -OCH3 is 1. The van der Waals surface area contributed by atoms with E-state index in [9.17, 15) is 4.79 Å². The summed E-state index contributed by atoms with van der Waals surface area (Å²) in [5.74, 6) is 0.599. The molecule has 0 saturated carbocycles. The molecule has 0 unspecified atom stereocenters. The van der Waals surface area contributed by atoms with E-state index in [-0.39, 0.29) is 5.91 Å². The number of aromatic amines is 1. The summed E-state index contributed by atoms with van der Waals surface area (Å²) >= 11 is 0. The Morgan fingerprint density at radius 2 is 2.29 bits per heavy atom. The lowest BCUT2D eigenvalue weighted by Crippen LogP contribution is -2.22. The highest BCUT2D eigenvalue weighted by Gasteiger charge is 2.12. The van der Waals surface area contributed by atoms with E-state index in [4.69, 9.17) is 4.74 Å². The first-order valence-electron chi connectivity index (χ1n) is 6.60. The molecule has 0 radical (unpaired) electrons. The average Bonchev–Trinajstić information content (AvgIpc) is 2.96. The number of H-pyrrole nitrogens is 1. The molecule has 0 aliphatic rings. The summed E-state index contributed by atoms with van der Waals surface area (Å²) < 4.78 is 5.20. The van der Waals surface area contributed by atoms with Gasteiger partial charge >= 0.3 is 0 Å². The van der Waals surface area contributed by atoms with Crippen LogP contribution >= 0.6 is 0 Å². The average molecular weight is 281 g/mol. The maximum atomic E-state index is 12.3. The van der Waals surface area contributed by atoms with E-state index in [1.54, 1.807) is 25.7 Å². The number of aromatic nitrogens is 2. The number of amides is 1. The maximum absolute atomic E-state index is 12.3. The monoisotopic (exact) mass is 281 g/mol. The molecule has 3 aromatic rings. The zero-order valence-corrected chi connectivity index (χ0v) is 11.6. The molecule has 2 N–H and O–H groups in total. The molecule has 106 valence electrons. The smallest absolute Gasteiger partial charge is 0.253 e. The van der Waals surface area contributed by atoms with Crippen molar-refractivity contribution in [1.29, 1.82) is 0 Å². The van der Waals surface area contributed by atoms with Crippen molar-refractivity contribution in [2.75, 3.05) is 7.11 Å². The third-order valence-electron chi connectivity index (χ3n) is 3.31. The Kier molecular flexibility index (Phi) is 3.55. The summed E-state index contributed by atoms with van der Waals surface area (Å²) in [4.78, 5) is 19.4. The van der Waals surface area contributed by atoms with Gasteiger partial charge in [0.25, 0.3) is 5.91 Å². The van der Waals surface area contributed by atoms with E-state index in [1.165, 1.54) is 0 Å². The first-order chi connectivity index (χ1) is 10.3. The number of rotatable bonds is 4. The van der Waals surface area contributed by atoms with Crippen LogP contribution in [0.3, 0.4) is 0 Å². The van der Waals surface area contributed by atoms with Gasteiger partial charge in [-0.15, -0.1) is 0 Å². The van der Waals surface area contributed by atoms with E-state index in [0.717, 1.165) is 22.2 Å². The first-order valence-corrected chi connectivity index (χ1v) is 6.60. The van der Waals surface area contributed by atoms with Crippen LogP contribution in [0.15, 0.2) is 48.9 Å². The number of pyridine rings is 1. The number of hydrogen-bond donors (Lipinski definition) is 2. The molecule has 0 spiro atoms. The SMILES string of the molecule is COc1ccc2[nH]cc(C(=O)NCc3cccnc3)c2c1. The molecule has 0 aliphatic heterocycles. The van der Waals surface area contributed by atoms with Crippen molar-refractivity contribution in [3.63, 3.8) is 0 Å². The highest BCUT2D eigenvalue weighted by Crippen LogP contribution is 2.23. The second kappa shape index (κ2) is 5.66. The Morgan fingerprint density at radius 1 is 1.38 bits per heavy atom. The van der Waals surface area contributed by atoms with E-state index >= 15 is 0 Å². The van der Waals surface area contributed by atoms with Crippen molar-refractivity contribution in [3.8, 4) is 5.75 Å². The van der Waals surface area contributed by atoms with Crippen LogP contribution in [0.25, 0.3) is 10.9 Å². The van der Waals surface area contributed by atoms with Crippen molar-refractivity contribution in [2.24, 2.45) is 0 Å². The molecule has 0 bridgehead atoms. The summed E-state index contributed by atoms with van der Waals surface area (Å²) in [7, 11) is 1.61. The Labute approximate surface area is 122 Å². The van der Waals surface area contributed by atoms with Gasteiger partial charge < -0.3 is 15.0 Å². The highest BCUT2D eigenvalue weighted by molar-refractivity contribution is 6.07. The molecular weight excluding hydrogens is 266 g/mol. The molecule has 0 atom stereocenters. The number of carbonyl (C=O) groups is 1. The molecule has 21 heavy (non-hydrogen) atoms. The number of nitrogens with one attached hydrogen (secondary N) is 2. The molecule has 3 rings (SSSR count). The largest absolute Gasteiger partial charge is 0.497 e. The Hall–Kier alpha value is -2.82. The lowest BCUT2D eigenvalue weighted by molar-refractivity contribution is 0.0952. The van der Waals surface area contributed by atoms with Crippen LogP contribution in [-0.4, -0.2) is 23.0 Å². The summed E-state index contributed by atoms with van der Waals surface area (Å²) in [6.07, 6.45) is 5.15. The number of nitrogens with zero attached hydrogens (tertiary/aromatic N) is 1. The lowest BCUT2D eigenvalue weighted by Gasteiger charge is -2.05. The summed E-state index contributed by atoms with van der Waals surface area (Å²) in [6.45, 7) is 0.448. The predicted octanol–water partition coefficient (Wildman–Crippen LogP) is 2.50. The van der Waals surface area contributed by atoms with Gasteiger partial charge in [-0.3, -0.25) is 9.78 Å².